The summed E-state index contributed by atoms with van der Waals surface area (Å²) >= 11 is 8.30. The van der Waals surface area contributed by atoms with Crippen LogP contribution in [0, 0.1) is 6.92 Å². The second kappa shape index (κ2) is 4.33. The average molecular weight is 269 g/mol. The lowest BCUT2D eigenvalue weighted by Crippen LogP contribution is -2.24. The summed E-state index contributed by atoms with van der Waals surface area (Å²) in [5.41, 5.74) is 3.07. The molecule has 0 aliphatic carbocycles. The van der Waals surface area contributed by atoms with Crippen molar-refractivity contribution in [3.05, 3.63) is 27.8 Å². The molecule has 0 spiro atoms. The van der Waals surface area contributed by atoms with Crippen LogP contribution in [0.15, 0.2) is 11.0 Å². The topological polar surface area (TPSA) is 17.1 Å². The summed E-state index contributed by atoms with van der Waals surface area (Å²) < 4.78 is 0. The molecule has 0 amide bonds. The van der Waals surface area contributed by atoms with Gasteiger partial charge in [0.2, 0.25) is 0 Å². The SMILES string of the molecule is CC(=O)c1cc(C)c2c(c1Cl)C(C)(C)CCS2. The van der Waals surface area contributed by atoms with Gasteiger partial charge in [0.15, 0.2) is 5.78 Å². The van der Waals surface area contributed by atoms with Gasteiger partial charge in [-0.3, -0.25) is 4.79 Å². The van der Waals surface area contributed by atoms with Crippen LogP contribution in [0.1, 0.15) is 48.7 Å². The highest BCUT2D eigenvalue weighted by Crippen LogP contribution is 2.47. The van der Waals surface area contributed by atoms with E-state index in [9.17, 15) is 4.79 Å². The van der Waals surface area contributed by atoms with Crippen molar-refractivity contribution in [2.75, 3.05) is 5.75 Å². The van der Waals surface area contributed by atoms with E-state index in [0.717, 1.165) is 12.2 Å². The standard InChI is InChI=1S/C14H17ClOS/c1-8-7-10(9(2)16)12(15)11-13(8)17-6-5-14(11,3)4/h7H,5-6H2,1-4H3. The van der Waals surface area contributed by atoms with Crippen molar-refractivity contribution in [1.29, 1.82) is 0 Å². The fourth-order valence-electron chi connectivity index (χ4n) is 2.36. The summed E-state index contributed by atoms with van der Waals surface area (Å²) in [5.74, 6) is 1.17. The first-order chi connectivity index (χ1) is 7.84. The molecule has 1 aromatic carbocycles. The molecule has 1 aliphatic heterocycles. The minimum atomic E-state index is 0.0484. The lowest BCUT2D eigenvalue weighted by atomic mass is 9.80. The number of hydrogen-bond donors (Lipinski definition) is 0. The minimum absolute atomic E-state index is 0.0484. The molecule has 0 bridgehead atoms. The molecule has 0 saturated carbocycles. The van der Waals surface area contributed by atoms with Crippen molar-refractivity contribution in [2.24, 2.45) is 0 Å². The number of benzene rings is 1. The maximum atomic E-state index is 11.6. The third-order valence-corrected chi connectivity index (χ3v) is 5.05. The van der Waals surface area contributed by atoms with E-state index in [1.165, 1.54) is 16.0 Å². The summed E-state index contributed by atoms with van der Waals surface area (Å²) in [6.45, 7) is 8.06. The zero-order chi connectivity index (χ0) is 12.8. The Morgan fingerprint density at radius 3 is 2.71 bits per heavy atom. The van der Waals surface area contributed by atoms with Crippen molar-refractivity contribution in [3.8, 4) is 0 Å². The van der Waals surface area contributed by atoms with Gasteiger partial charge in [-0.2, -0.15) is 0 Å². The van der Waals surface area contributed by atoms with Gasteiger partial charge >= 0.3 is 0 Å². The van der Waals surface area contributed by atoms with Gasteiger partial charge < -0.3 is 0 Å². The van der Waals surface area contributed by atoms with E-state index in [-0.39, 0.29) is 11.2 Å². The molecule has 1 aromatic rings. The first-order valence-corrected chi connectivity index (χ1v) is 7.18. The maximum Gasteiger partial charge on any atom is 0.161 e. The van der Waals surface area contributed by atoms with Crippen molar-refractivity contribution in [3.63, 3.8) is 0 Å². The lowest BCUT2D eigenvalue weighted by Gasteiger charge is -2.34. The Bertz CT molecular complexity index is 491. The highest BCUT2D eigenvalue weighted by Gasteiger charge is 2.32. The minimum Gasteiger partial charge on any atom is -0.294 e. The predicted octanol–water partition coefficient (Wildman–Crippen LogP) is 4.62. The Kier molecular flexibility index (Phi) is 3.30. The molecular weight excluding hydrogens is 252 g/mol. The van der Waals surface area contributed by atoms with Gasteiger partial charge in [0, 0.05) is 10.5 Å². The number of fused-ring (bicyclic) bond motifs is 1. The van der Waals surface area contributed by atoms with Crippen LogP contribution in [0.3, 0.4) is 0 Å². The number of rotatable bonds is 1. The molecular formula is C14H17ClOS. The number of halogens is 1. The van der Waals surface area contributed by atoms with Crippen molar-refractivity contribution in [1.82, 2.24) is 0 Å². The summed E-state index contributed by atoms with van der Waals surface area (Å²) in [6, 6.07) is 1.93. The zero-order valence-electron chi connectivity index (χ0n) is 10.7. The van der Waals surface area contributed by atoms with Crippen LogP contribution in [-0.2, 0) is 5.41 Å². The summed E-state index contributed by atoms with van der Waals surface area (Å²) in [5, 5.41) is 0.662. The molecule has 0 aromatic heterocycles. The third-order valence-electron chi connectivity index (χ3n) is 3.43. The summed E-state index contributed by atoms with van der Waals surface area (Å²) in [4.78, 5) is 12.9. The van der Waals surface area contributed by atoms with E-state index in [1.807, 2.05) is 17.8 Å². The fraction of sp³-hybridized carbons (Fsp3) is 0.500. The molecule has 2 rings (SSSR count). The lowest BCUT2D eigenvalue weighted by molar-refractivity contribution is 0.101. The van der Waals surface area contributed by atoms with Gasteiger partial charge in [-0.15, -0.1) is 11.8 Å². The molecule has 0 saturated heterocycles. The summed E-state index contributed by atoms with van der Waals surface area (Å²) in [7, 11) is 0. The maximum absolute atomic E-state index is 11.6. The van der Waals surface area contributed by atoms with Crippen LogP contribution in [0.2, 0.25) is 5.02 Å². The van der Waals surface area contributed by atoms with Crippen LogP contribution >= 0.6 is 23.4 Å². The molecule has 0 radical (unpaired) electrons. The highest BCUT2D eigenvalue weighted by atomic mass is 35.5. The molecule has 3 heteroatoms. The predicted molar refractivity (Wildman–Crippen MR) is 74.6 cm³/mol. The van der Waals surface area contributed by atoms with Crippen molar-refractivity contribution >= 4 is 29.1 Å². The van der Waals surface area contributed by atoms with Crippen molar-refractivity contribution in [2.45, 2.75) is 44.4 Å². The molecule has 92 valence electrons. The molecule has 0 fully saturated rings. The molecule has 0 unspecified atom stereocenters. The molecule has 1 nitrogen and oxygen atoms in total. The van der Waals surface area contributed by atoms with Gasteiger partial charge in [0.05, 0.1) is 5.02 Å². The van der Waals surface area contributed by atoms with E-state index < -0.39 is 0 Å². The molecule has 0 atom stereocenters. The second-order valence-electron chi connectivity index (χ2n) is 5.30. The van der Waals surface area contributed by atoms with Crippen LogP contribution in [0.4, 0.5) is 0 Å². The number of carbonyl (C=O) groups is 1. The fourth-order valence-corrected chi connectivity index (χ4v) is 4.58. The third kappa shape index (κ3) is 2.13. The van der Waals surface area contributed by atoms with E-state index in [4.69, 9.17) is 11.6 Å². The first kappa shape index (κ1) is 13.0. The summed E-state index contributed by atoms with van der Waals surface area (Å²) in [6.07, 6.45) is 1.10. The van der Waals surface area contributed by atoms with Crippen LogP contribution in [0.5, 0.6) is 0 Å². The van der Waals surface area contributed by atoms with Gasteiger partial charge in [0.1, 0.15) is 0 Å². The van der Waals surface area contributed by atoms with E-state index in [1.54, 1.807) is 6.92 Å². The van der Waals surface area contributed by atoms with Gasteiger partial charge in [-0.05, 0) is 48.6 Å². The van der Waals surface area contributed by atoms with Crippen LogP contribution in [0.25, 0.3) is 0 Å². The van der Waals surface area contributed by atoms with Crippen LogP contribution in [-0.4, -0.2) is 11.5 Å². The van der Waals surface area contributed by atoms with E-state index in [0.29, 0.717) is 10.6 Å². The smallest absolute Gasteiger partial charge is 0.161 e. The largest absolute Gasteiger partial charge is 0.294 e. The molecule has 1 heterocycles. The monoisotopic (exact) mass is 268 g/mol. The van der Waals surface area contributed by atoms with Crippen molar-refractivity contribution < 1.29 is 4.79 Å². The number of aryl methyl sites for hydroxylation is 1. The Balaban J connectivity index is 2.76. The van der Waals surface area contributed by atoms with Gasteiger partial charge in [-0.1, -0.05) is 25.4 Å². The normalized spacial score (nSPS) is 17.7. The zero-order valence-corrected chi connectivity index (χ0v) is 12.3. The molecule has 1 aliphatic rings. The molecule has 0 N–H and O–H groups in total. The Labute approximate surface area is 112 Å². The number of carbonyl (C=O) groups excluding carboxylic acids is 1. The van der Waals surface area contributed by atoms with Gasteiger partial charge in [0.25, 0.3) is 0 Å². The Morgan fingerprint density at radius 2 is 2.12 bits per heavy atom. The second-order valence-corrected chi connectivity index (χ2v) is 6.78. The van der Waals surface area contributed by atoms with Crippen LogP contribution < -0.4 is 0 Å². The van der Waals surface area contributed by atoms with E-state index >= 15 is 0 Å². The number of thioether (sulfide) groups is 1. The van der Waals surface area contributed by atoms with Gasteiger partial charge in [-0.25, -0.2) is 0 Å². The quantitative estimate of drug-likeness (QED) is 0.691. The Hall–Kier alpha value is -0.470. The van der Waals surface area contributed by atoms with E-state index in [2.05, 4.69) is 20.8 Å². The average Bonchev–Trinajstić information content (AvgIpc) is 2.21. The highest BCUT2D eigenvalue weighted by molar-refractivity contribution is 7.99. The first-order valence-electron chi connectivity index (χ1n) is 5.82. The number of Topliss-reactive ketones (excluding diaryl/α,β-unsaturated/α-hetero) is 1. The molecule has 17 heavy (non-hydrogen) atoms. The number of ketones is 1. The Morgan fingerprint density at radius 1 is 1.47 bits per heavy atom. The number of hydrogen-bond acceptors (Lipinski definition) is 2.